The van der Waals surface area contributed by atoms with E-state index < -0.39 is 0 Å². The van der Waals surface area contributed by atoms with Crippen LogP contribution in [0, 0.1) is 11.3 Å². The summed E-state index contributed by atoms with van der Waals surface area (Å²) in [6.45, 7) is 8.61. The van der Waals surface area contributed by atoms with Crippen LogP contribution in [0.3, 0.4) is 0 Å². The van der Waals surface area contributed by atoms with Gasteiger partial charge >= 0.3 is 0 Å². The van der Waals surface area contributed by atoms with Crippen LogP contribution in [0.25, 0.3) is 0 Å². The smallest absolute Gasteiger partial charge is 0.145 e. The Balaban J connectivity index is 2.61. The van der Waals surface area contributed by atoms with Gasteiger partial charge in [-0.25, -0.2) is 0 Å². The summed E-state index contributed by atoms with van der Waals surface area (Å²) in [5.41, 5.74) is 2.63. The molecule has 0 spiro atoms. The van der Waals surface area contributed by atoms with Gasteiger partial charge in [0.2, 0.25) is 0 Å². The molecule has 78 valence electrons. The van der Waals surface area contributed by atoms with Gasteiger partial charge in [0.05, 0.1) is 0 Å². The van der Waals surface area contributed by atoms with Crippen molar-refractivity contribution in [2.24, 2.45) is 11.3 Å². The van der Waals surface area contributed by atoms with Crippen molar-refractivity contribution in [3.8, 4) is 0 Å². The van der Waals surface area contributed by atoms with E-state index in [9.17, 15) is 4.79 Å². The molecule has 0 saturated carbocycles. The summed E-state index contributed by atoms with van der Waals surface area (Å²) in [6, 6.07) is 0. The molecule has 0 heterocycles. The van der Waals surface area contributed by atoms with Crippen LogP contribution in [0.15, 0.2) is 23.3 Å². The van der Waals surface area contributed by atoms with Gasteiger partial charge in [-0.3, -0.25) is 4.79 Å². The predicted octanol–water partition coefficient (Wildman–Crippen LogP) is 3.51. The Morgan fingerprint density at radius 1 is 1.64 bits per heavy atom. The summed E-state index contributed by atoms with van der Waals surface area (Å²) in [4.78, 5) is 10.5. The molecule has 0 saturated heterocycles. The minimum atomic E-state index is 0.295. The highest BCUT2D eigenvalue weighted by Gasteiger charge is 2.31. The quantitative estimate of drug-likeness (QED) is 0.380. The molecule has 0 amide bonds. The van der Waals surface area contributed by atoms with Crippen LogP contribution in [-0.2, 0) is 4.79 Å². The molecule has 0 aromatic rings. The molecule has 0 aliphatic heterocycles. The molecule has 0 radical (unpaired) electrons. The monoisotopic (exact) mass is 192 g/mol. The van der Waals surface area contributed by atoms with Crippen molar-refractivity contribution in [1.29, 1.82) is 0 Å². The average molecular weight is 192 g/mol. The predicted molar refractivity (Wildman–Crippen MR) is 60.1 cm³/mol. The summed E-state index contributed by atoms with van der Waals surface area (Å²) in [5.74, 6) is 0.664. The molecule has 14 heavy (non-hydrogen) atoms. The van der Waals surface area contributed by atoms with Gasteiger partial charge in [-0.15, -0.1) is 0 Å². The number of aldehydes is 1. The SMILES string of the molecule is CC1=CC(C)(C)C(C/C=C(\C)C=O)C1. The van der Waals surface area contributed by atoms with Crippen molar-refractivity contribution in [2.75, 3.05) is 0 Å². The van der Waals surface area contributed by atoms with Gasteiger partial charge in [-0.2, -0.15) is 0 Å². The molecule has 1 atom stereocenters. The average Bonchev–Trinajstić information content (AvgIpc) is 2.35. The third-order valence-corrected chi connectivity index (χ3v) is 3.15. The number of hydrogen-bond donors (Lipinski definition) is 0. The van der Waals surface area contributed by atoms with Gasteiger partial charge in [-0.05, 0) is 43.6 Å². The number of allylic oxidation sites excluding steroid dienone is 4. The minimum absolute atomic E-state index is 0.295. The number of rotatable bonds is 3. The number of carbonyl (C=O) groups is 1. The fraction of sp³-hybridized carbons (Fsp3) is 0.615. The Bertz CT molecular complexity index is 282. The molecule has 0 N–H and O–H groups in total. The van der Waals surface area contributed by atoms with Gasteiger partial charge in [0.15, 0.2) is 0 Å². The molecule has 1 nitrogen and oxygen atoms in total. The van der Waals surface area contributed by atoms with E-state index in [1.165, 1.54) is 12.0 Å². The molecule has 1 aliphatic carbocycles. The maximum Gasteiger partial charge on any atom is 0.145 e. The zero-order valence-electron chi connectivity index (χ0n) is 9.63. The lowest BCUT2D eigenvalue weighted by atomic mass is 9.80. The second-order valence-corrected chi connectivity index (χ2v) is 5.01. The molecule has 1 rings (SSSR count). The third-order valence-electron chi connectivity index (χ3n) is 3.15. The van der Waals surface area contributed by atoms with Crippen LogP contribution in [0.2, 0.25) is 0 Å². The Labute approximate surface area is 86.9 Å². The maximum absolute atomic E-state index is 10.5. The van der Waals surface area contributed by atoms with Gasteiger partial charge in [-0.1, -0.05) is 31.6 Å². The molecule has 0 fully saturated rings. The van der Waals surface area contributed by atoms with E-state index in [2.05, 4.69) is 32.9 Å². The van der Waals surface area contributed by atoms with E-state index in [4.69, 9.17) is 0 Å². The van der Waals surface area contributed by atoms with Gasteiger partial charge in [0.1, 0.15) is 6.29 Å². The Hall–Kier alpha value is -0.850. The largest absolute Gasteiger partial charge is 0.298 e. The summed E-state index contributed by atoms with van der Waals surface area (Å²) in [6.07, 6.45) is 7.55. The third kappa shape index (κ3) is 2.57. The highest BCUT2D eigenvalue weighted by molar-refractivity contribution is 5.71. The molecule has 0 aromatic carbocycles. The Kier molecular flexibility index (Phi) is 3.30. The molecular formula is C13H20O. The summed E-state index contributed by atoms with van der Waals surface area (Å²) in [7, 11) is 0. The van der Waals surface area contributed by atoms with Crippen LogP contribution < -0.4 is 0 Å². The van der Waals surface area contributed by atoms with Crippen molar-refractivity contribution >= 4 is 6.29 Å². The standard InChI is InChI=1S/C13H20O/c1-10(9-14)5-6-12-7-11(2)8-13(12,3)4/h5,8-9,12H,6-7H2,1-4H3/b10-5+. The highest BCUT2D eigenvalue weighted by atomic mass is 16.1. The molecule has 0 bridgehead atoms. The number of hydrogen-bond acceptors (Lipinski definition) is 1. The van der Waals surface area contributed by atoms with Crippen LogP contribution in [-0.4, -0.2) is 6.29 Å². The first-order valence-electron chi connectivity index (χ1n) is 5.26. The highest BCUT2D eigenvalue weighted by Crippen LogP contribution is 2.42. The molecule has 1 aliphatic rings. The lowest BCUT2D eigenvalue weighted by molar-refractivity contribution is -0.104. The van der Waals surface area contributed by atoms with Crippen molar-refractivity contribution < 1.29 is 4.79 Å². The fourth-order valence-electron chi connectivity index (χ4n) is 2.23. The topological polar surface area (TPSA) is 17.1 Å². The van der Waals surface area contributed by atoms with E-state index in [0.29, 0.717) is 11.3 Å². The van der Waals surface area contributed by atoms with Crippen LogP contribution in [0.4, 0.5) is 0 Å². The first-order valence-corrected chi connectivity index (χ1v) is 5.26. The van der Waals surface area contributed by atoms with Gasteiger partial charge < -0.3 is 0 Å². The van der Waals surface area contributed by atoms with Crippen LogP contribution in [0.1, 0.15) is 40.5 Å². The summed E-state index contributed by atoms with van der Waals surface area (Å²) < 4.78 is 0. The second kappa shape index (κ2) is 4.12. The normalized spacial score (nSPS) is 26.1. The minimum Gasteiger partial charge on any atom is -0.298 e. The second-order valence-electron chi connectivity index (χ2n) is 5.01. The van der Waals surface area contributed by atoms with Crippen molar-refractivity contribution in [1.82, 2.24) is 0 Å². The lowest BCUT2D eigenvalue weighted by Crippen LogP contribution is -2.16. The van der Waals surface area contributed by atoms with E-state index >= 15 is 0 Å². The zero-order chi connectivity index (χ0) is 10.8. The van der Waals surface area contributed by atoms with Crippen molar-refractivity contribution in [3.05, 3.63) is 23.3 Å². The van der Waals surface area contributed by atoms with Gasteiger partial charge in [0, 0.05) is 0 Å². The lowest BCUT2D eigenvalue weighted by Gasteiger charge is -2.25. The molecule has 1 unspecified atom stereocenters. The summed E-state index contributed by atoms with van der Waals surface area (Å²) in [5, 5.41) is 0. The van der Waals surface area contributed by atoms with Gasteiger partial charge in [0.25, 0.3) is 0 Å². The van der Waals surface area contributed by atoms with E-state index in [-0.39, 0.29) is 0 Å². The van der Waals surface area contributed by atoms with E-state index in [1.807, 2.05) is 6.92 Å². The fourth-order valence-corrected chi connectivity index (χ4v) is 2.23. The maximum atomic E-state index is 10.5. The van der Waals surface area contributed by atoms with E-state index in [0.717, 1.165) is 18.3 Å². The van der Waals surface area contributed by atoms with Crippen molar-refractivity contribution in [3.63, 3.8) is 0 Å². The van der Waals surface area contributed by atoms with Crippen LogP contribution in [0.5, 0.6) is 0 Å². The molecule has 1 heteroatoms. The first kappa shape index (κ1) is 11.2. The number of carbonyl (C=O) groups excluding carboxylic acids is 1. The van der Waals surface area contributed by atoms with Crippen molar-refractivity contribution in [2.45, 2.75) is 40.5 Å². The van der Waals surface area contributed by atoms with Crippen LogP contribution >= 0.6 is 0 Å². The molecule has 0 aromatic heterocycles. The Morgan fingerprint density at radius 2 is 2.29 bits per heavy atom. The molecular weight excluding hydrogens is 172 g/mol. The first-order chi connectivity index (χ1) is 6.45. The zero-order valence-corrected chi connectivity index (χ0v) is 9.63. The summed E-state index contributed by atoms with van der Waals surface area (Å²) >= 11 is 0. The Morgan fingerprint density at radius 3 is 2.71 bits per heavy atom. The van der Waals surface area contributed by atoms with E-state index in [1.54, 1.807) is 0 Å².